The zero-order valence-electron chi connectivity index (χ0n) is 69.9. The predicted molar refractivity (Wildman–Crippen MR) is 441 cm³/mol. The summed E-state index contributed by atoms with van der Waals surface area (Å²) >= 11 is 0. The predicted octanol–water partition coefficient (Wildman–Crippen LogP) is 26.6. The van der Waals surface area contributed by atoms with E-state index in [0.717, 1.165) is 121 Å². The molecule has 0 aliphatic rings. The first-order chi connectivity index (χ1) is 51.9. The van der Waals surface area contributed by atoms with Crippen molar-refractivity contribution in [1.82, 2.24) is 0 Å². The Balaban J connectivity index is 5.26. The molecule has 19 heteroatoms. The second kappa shape index (κ2) is 78.8. The fraction of sp³-hybridized carbons (Fsp3) is 0.909. The number of ether oxygens (including phenoxy) is 4. The molecule has 2 unspecified atom stereocenters. The number of carbonyl (C=O) groups excluding carboxylic acids is 4. The van der Waals surface area contributed by atoms with Crippen LogP contribution in [0.3, 0.4) is 0 Å². The maximum Gasteiger partial charge on any atom is 0.472 e. The van der Waals surface area contributed by atoms with Gasteiger partial charge in [0.15, 0.2) is 12.2 Å². The van der Waals surface area contributed by atoms with Crippen molar-refractivity contribution in [2.45, 2.75) is 464 Å². The van der Waals surface area contributed by atoms with E-state index in [4.69, 9.17) is 37.0 Å². The lowest BCUT2D eigenvalue weighted by Crippen LogP contribution is -2.30. The number of carbonyl (C=O) groups is 4. The highest BCUT2D eigenvalue weighted by Crippen LogP contribution is 2.45. The number of hydrogen-bond donors (Lipinski definition) is 3. The standard InChI is InChI=1S/C88H168O17P2/c1-7-9-11-13-15-17-19-21-23-24-25-26-27-28-29-35-39-43-47-55-61-67-73-87(92)104-83(76-98-85(90)70-64-58-52-45-41-37-34-31-30-33-36-40-44-50-56-62-68-80(3)4)78-102-106(94,95)100-74-82(89)75-101-107(96,97)103-79-84(77-99-86(91)71-65-59-53-49-48-51-57-63-69-81(5)6)105-88(93)72-66-60-54-46-42-38-32-22-20-18-16-14-12-10-8-2/h18,20,22,32,80-84,89H,7-17,19,21,23-31,33-79H2,1-6H3,(H,94,95)(H,96,97)/b20-18-,32-22-/t82-,83-,84-/m1/s1. The van der Waals surface area contributed by atoms with Crippen molar-refractivity contribution in [3.8, 4) is 0 Å². The number of allylic oxidation sites excluding steroid dienone is 4. The Labute approximate surface area is 656 Å². The molecule has 5 atom stereocenters. The zero-order chi connectivity index (χ0) is 78.5. The molecule has 0 heterocycles. The summed E-state index contributed by atoms with van der Waals surface area (Å²) < 4.78 is 68.9. The van der Waals surface area contributed by atoms with Crippen LogP contribution in [0.2, 0.25) is 0 Å². The Kier molecular flexibility index (Phi) is 77.0. The first-order valence-electron chi connectivity index (χ1n) is 44.8. The van der Waals surface area contributed by atoms with Gasteiger partial charge in [0.1, 0.15) is 19.3 Å². The quantitative estimate of drug-likeness (QED) is 0.0169. The van der Waals surface area contributed by atoms with Gasteiger partial charge in [0, 0.05) is 25.7 Å². The van der Waals surface area contributed by atoms with Gasteiger partial charge in [0.05, 0.1) is 26.4 Å². The molecule has 0 saturated carbocycles. The van der Waals surface area contributed by atoms with Crippen LogP contribution in [-0.4, -0.2) is 96.7 Å². The van der Waals surface area contributed by atoms with E-state index in [1.807, 2.05) is 0 Å². The number of phosphoric ester groups is 2. The minimum Gasteiger partial charge on any atom is -0.462 e. The minimum atomic E-state index is -4.97. The van der Waals surface area contributed by atoms with Gasteiger partial charge in [-0.2, -0.15) is 0 Å². The SMILES string of the molecule is CCCCCC/C=C\C=C/CCCCCCCC(=O)O[C@H](COC(=O)CCCCCCCCCCC(C)C)COP(=O)(O)OC[C@H](O)COP(=O)(O)OC[C@@H](COC(=O)CCCCCCCCCCCCCCCCCCC(C)C)OC(=O)CCCCCCCCCCCCCCCCCCCCCCCC. The van der Waals surface area contributed by atoms with Gasteiger partial charge in [-0.05, 0) is 63.2 Å². The van der Waals surface area contributed by atoms with Crippen LogP contribution in [0.25, 0.3) is 0 Å². The third-order valence-corrected chi connectivity index (χ3v) is 22.0. The number of aliphatic hydroxyl groups is 1. The summed E-state index contributed by atoms with van der Waals surface area (Å²) in [5, 5.41) is 10.7. The van der Waals surface area contributed by atoms with Gasteiger partial charge < -0.3 is 33.8 Å². The summed E-state index contributed by atoms with van der Waals surface area (Å²) in [5.74, 6) is -0.598. The van der Waals surface area contributed by atoms with Gasteiger partial charge in [0.2, 0.25) is 0 Å². The highest BCUT2D eigenvalue weighted by Gasteiger charge is 2.30. The minimum absolute atomic E-state index is 0.0848. The van der Waals surface area contributed by atoms with Crippen LogP contribution in [0, 0.1) is 11.8 Å². The van der Waals surface area contributed by atoms with Crippen LogP contribution in [-0.2, 0) is 65.4 Å². The van der Waals surface area contributed by atoms with Crippen molar-refractivity contribution in [3.63, 3.8) is 0 Å². The molecular weight excluding hydrogens is 1390 g/mol. The maximum absolute atomic E-state index is 13.2. The van der Waals surface area contributed by atoms with Crippen molar-refractivity contribution in [2.75, 3.05) is 39.6 Å². The van der Waals surface area contributed by atoms with Crippen LogP contribution >= 0.6 is 15.6 Å². The largest absolute Gasteiger partial charge is 0.472 e. The highest BCUT2D eigenvalue weighted by molar-refractivity contribution is 7.47. The molecule has 0 radical (unpaired) electrons. The maximum atomic E-state index is 13.2. The van der Waals surface area contributed by atoms with Crippen molar-refractivity contribution >= 4 is 39.5 Å². The van der Waals surface area contributed by atoms with Gasteiger partial charge in [-0.25, -0.2) is 9.13 Å². The molecule has 0 aliphatic heterocycles. The number of rotatable bonds is 85. The first kappa shape index (κ1) is 105. The Morgan fingerprint density at radius 2 is 0.505 bits per heavy atom. The topological polar surface area (TPSA) is 237 Å². The Bertz CT molecular complexity index is 2140. The average molecular weight is 1560 g/mol. The van der Waals surface area contributed by atoms with Crippen molar-refractivity contribution in [3.05, 3.63) is 24.3 Å². The summed E-state index contributed by atoms with van der Waals surface area (Å²) in [6.07, 6.45) is 74.6. The number of esters is 4. The second-order valence-electron chi connectivity index (χ2n) is 31.9. The monoisotopic (exact) mass is 1560 g/mol. The molecule has 0 spiro atoms. The number of hydrogen-bond acceptors (Lipinski definition) is 15. The van der Waals surface area contributed by atoms with E-state index in [0.29, 0.717) is 25.7 Å². The summed E-state index contributed by atoms with van der Waals surface area (Å²) in [5.41, 5.74) is 0. The van der Waals surface area contributed by atoms with Crippen LogP contribution in [0.15, 0.2) is 24.3 Å². The zero-order valence-corrected chi connectivity index (χ0v) is 71.7. The third kappa shape index (κ3) is 81.4. The molecule has 3 N–H and O–H groups in total. The van der Waals surface area contributed by atoms with Crippen LogP contribution < -0.4 is 0 Å². The molecule has 0 amide bonds. The van der Waals surface area contributed by atoms with Crippen molar-refractivity contribution in [1.29, 1.82) is 0 Å². The van der Waals surface area contributed by atoms with Crippen LogP contribution in [0.4, 0.5) is 0 Å². The van der Waals surface area contributed by atoms with Gasteiger partial charge in [-0.15, -0.1) is 0 Å². The summed E-state index contributed by atoms with van der Waals surface area (Å²) in [6.45, 7) is 9.60. The molecule has 0 fully saturated rings. The molecule has 0 aromatic heterocycles. The van der Waals surface area contributed by atoms with Gasteiger partial charge >= 0.3 is 39.5 Å². The van der Waals surface area contributed by atoms with E-state index >= 15 is 0 Å². The first-order valence-corrected chi connectivity index (χ1v) is 47.8. The number of aliphatic hydroxyl groups excluding tert-OH is 1. The average Bonchev–Trinajstić information content (AvgIpc) is 0.906. The fourth-order valence-electron chi connectivity index (χ4n) is 13.2. The number of unbranched alkanes of at least 4 members (excludes halogenated alkanes) is 52. The molecule has 632 valence electrons. The molecule has 0 aromatic rings. The van der Waals surface area contributed by atoms with E-state index < -0.39 is 97.5 Å². The van der Waals surface area contributed by atoms with E-state index in [2.05, 4.69) is 65.8 Å². The third-order valence-electron chi connectivity index (χ3n) is 20.1. The molecule has 0 rings (SSSR count). The molecule has 0 aromatic carbocycles. The summed E-state index contributed by atoms with van der Waals surface area (Å²) in [6, 6.07) is 0. The molecule has 0 saturated heterocycles. The second-order valence-corrected chi connectivity index (χ2v) is 34.8. The Hall–Kier alpha value is -2.46. The molecule has 107 heavy (non-hydrogen) atoms. The molecule has 0 bridgehead atoms. The molecule has 0 aliphatic carbocycles. The lowest BCUT2D eigenvalue weighted by atomic mass is 10.0. The fourth-order valence-corrected chi connectivity index (χ4v) is 14.8. The Morgan fingerprint density at radius 3 is 0.766 bits per heavy atom. The van der Waals surface area contributed by atoms with Gasteiger partial charge in [-0.3, -0.25) is 37.3 Å². The lowest BCUT2D eigenvalue weighted by Gasteiger charge is -2.21. The van der Waals surface area contributed by atoms with E-state index in [9.17, 15) is 43.2 Å². The lowest BCUT2D eigenvalue weighted by molar-refractivity contribution is -0.161. The Morgan fingerprint density at radius 1 is 0.290 bits per heavy atom. The highest BCUT2D eigenvalue weighted by atomic mass is 31.2. The normalized spacial score (nSPS) is 13.9. The van der Waals surface area contributed by atoms with Gasteiger partial charge in [0.25, 0.3) is 0 Å². The number of phosphoric acid groups is 2. The van der Waals surface area contributed by atoms with Crippen molar-refractivity contribution in [2.24, 2.45) is 11.8 Å². The van der Waals surface area contributed by atoms with E-state index in [1.165, 1.54) is 244 Å². The molecule has 17 nitrogen and oxygen atoms in total. The molecular formula is C88H168O17P2. The summed E-state index contributed by atoms with van der Waals surface area (Å²) in [7, 11) is -9.94. The van der Waals surface area contributed by atoms with Crippen molar-refractivity contribution < 1.29 is 80.2 Å². The smallest absolute Gasteiger partial charge is 0.462 e. The van der Waals surface area contributed by atoms with Crippen LogP contribution in [0.1, 0.15) is 446 Å². The van der Waals surface area contributed by atoms with Gasteiger partial charge in [-0.1, -0.05) is 393 Å². The van der Waals surface area contributed by atoms with E-state index in [1.54, 1.807) is 0 Å². The van der Waals surface area contributed by atoms with Crippen LogP contribution in [0.5, 0.6) is 0 Å². The summed E-state index contributed by atoms with van der Waals surface area (Å²) in [4.78, 5) is 73.2. The van der Waals surface area contributed by atoms with E-state index in [-0.39, 0.29) is 25.7 Å².